The van der Waals surface area contributed by atoms with Gasteiger partial charge < -0.3 is 20.1 Å². The van der Waals surface area contributed by atoms with Gasteiger partial charge in [0.15, 0.2) is 11.5 Å². The minimum atomic E-state index is -0.408. The Labute approximate surface area is 192 Å². The summed E-state index contributed by atoms with van der Waals surface area (Å²) in [6.45, 7) is 4.93. The van der Waals surface area contributed by atoms with Gasteiger partial charge in [-0.15, -0.1) is 0 Å². The number of nitro groups is 1. The molecule has 3 aromatic rings. The van der Waals surface area contributed by atoms with Crippen LogP contribution in [0.2, 0.25) is 5.02 Å². The van der Waals surface area contributed by atoms with Crippen molar-refractivity contribution in [3.63, 3.8) is 0 Å². The van der Waals surface area contributed by atoms with Gasteiger partial charge >= 0.3 is 0 Å². The molecule has 0 atom stereocenters. The molecular formula is C24H26ClN3O4. The molecule has 0 fully saturated rings. The molecule has 0 radical (unpaired) electrons. The van der Waals surface area contributed by atoms with Crippen molar-refractivity contribution in [1.82, 2.24) is 5.32 Å². The number of nitrogens with one attached hydrogen (secondary N) is 2. The van der Waals surface area contributed by atoms with E-state index < -0.39 is 4.92 Å². The van der Waals surface area contributed by atoms with Crippen LogP contribution in [-0.2, 0) is 13.2 Å². The van der Waals surface area contributed by atoms with Gasteiger partial charge in [-0.2, -0.15) is 0 Å². The summed E-state index contributed by atoms with van der Waals surface area (Å²) < 4.78 is 11.7. The highest BCUT2D eigenvalue weighted by Gasteiger charge is 2.08. The molecule has 0 bridgehead atoms. The molecule has 0 aliphatic carbocycles. The third-order valence-electron chi connectivity index (χ3n) is 4.69. The van der Waals surface area contributed by atoms with E-state index in [9.17, 15) is 10.1 Å². The summed E-state index contributed by atoms with van der Waals surface area (Å²) in [7, 11) is 0. The van der Waals surface area contributed by atoms with Crippen molar-refractivity contribution in [1.29, 1.82) is 0 Å². The van der Waals surface area contributed by atoms with Crippen molar-refractivity contribution in [2.75, 3.05) is 25.0 Å². The highest BCUT2D eigenvalue weighted by atomic mass is 35.5. The Bertz CT molecular complexity index is 1030. The first kappa shape index (κ1) is 23.4. The van der Waals surface area contributed by atoms with E-state index in [1.807, 2.05) is 49.4 Å². The first-order valence-electron chi connectivity index (χ1n) is 10.4. The van der Waals surface area contributed by atoms with Crippen molar-refractivity contribution in [3.05, 3.63) is 93.0 Å². The van der Waals surface area contributed by atoms with Gasteiger partial charge in [-0.05, 0) is 42.8 Å². The largest absolute Gasteiger partial charge is 0.490 e. The Kier molecular flexibility index (Phi) is 8.71. The van der Waals surface area contributed by atoms with Gasteiger partial charge in [0.25, 0.3) is 5.69 Å². The van der Waals surface area contributed by atoms with E-state index in [1.165, 1.54) is 12.1 Å². The highest BCUT2D eigenvalue weighted by Crippen LogP contribution is 2.30. The molecule has 168 valence electrons. The first-order chi connectivity index (χ1) is 15.6. The molecular weight excluding hydrogens is 430 g/mol. The average Bonchev–Trinajstić information content (AvgIpc) is 2.80. The number of hydrogen-bond acceptors (Lipinski definition) is 6. The lowest BCUT2D eigenvalue weighted by atomic mass is 10.2. The summed E-state index contributed by atoms with van der Waals surface area (Å²) in [5.74, 6) is 1.37. The predicted molar refractivity (Wildman–Crippen MR) is 127 cm³/mol. The molecule has 0 heterocycles. The van der Waals surface area contributed by atoms with Crippen molar-refractivity contribution >= 4 is 23.0 Å². The third kappa shape index (κ3) is 6.87. The minimum absolute atomic E-state index is 0.0815. The zero-order valence-corrected chi connectivity index (χ0v) is 18.6. The van der Waals surface area contributed by atoms with Crippen LogP contribution in [0.5, 0.6) is 11.5 Å². The number of rotatable bonds is 12. The van der Waals surface area contributed by atoms with Crippen LogP contribution in [0.15, 0.2) is 66.7 Å². The number of anilines is 1. The number of nitro benzene ring substituents is 1. The van der Waals surface area contributed by atoms with E-state index in [0.29, 0.717) is 42.8 Å². The van der Waals surface area contributed by atoms with Crippen LogP contribution in [0.25, 0.3) is 0 Å². The Hall–Kier alpha value is -3.29. The van der Waals surface area contributed by atoms with Crippen molar-refractivity contribution in [3.8, 4) is 11.5 Å². The van der Waals surface area contributed by atoms with Gasteiger partial charge in [-0.1, -0.05) is 35.9 Å². The molecule has 2 N–H and O–H groups in total. The van der Waals surface area contributed by atoms with Gasteiger partial charge in [0.2, 0.25) is 0 Å². The van der Waals surface area contributed by atoms with Gasteiger partial charge in [-0.3, -0.25) is 10.1 Å². The summed E-state index contributed by atoms with van der Waals surface area (Å²) in [4.78, 5) is 10.3. The minimum Gasteiger partial charge on any atom is -0.490 e. The smallest absolute Gasteiger partial charge is 0.269 e. The Morgan fingerprint density at radius 3 is 2.47 bits per heavy atom. The molecule has 0 amide bonds. The van der Waals surface area contributed by atoms with Crippen LogP contribution < -0.4 is 20.1 Å². The highest BCUT2D eigenvalue weighted by molar-refractivity contribution is 6.31. The fourth-order valence-corrected chi connectivity index (χ4v) is 3.24. The number of benzene rings is 3. The molecule has 0 aromatic heterocycles. The van der Waals surface area contributed by atoms with Crippen molar-refractivity contribution < 1.29 is 14.4 Å². The summed E-state index contributed by atoms with van der Waals surface area (Å²) in [5.41, 5.74) is 2.92. The predicted octanol–water partition coefficient (Wildman–Crippen LogP) is 5.43. The summed E-state index contributed by atoms with van der Waals surface area (Å²) in [6, 6.07) is 19.9. The maximum Gasteiger partial charge on any atom is 0.269 e. The average molecular weight is 456 g/mol. The molecule has 0 aliphatic heterocycles. The van der Waals surface area contributed by atoms with Crippen molar-refractivity contribution in [2.24, 2.45) is 0 Å². The molecule has 0 saturated carbocycles. The number of nitrogens with zero attached hydrogens (tertiary/aromatic N) is 1. The maximum atomic E-state index is 10.7. The molecule has 3 aromatic carbocycles. The van der Waals surface area contributed by atoms with Crippen LogP contribution in [0.4, 0.5) is 11.4 Å². The van der Waals surface area contributed by atoms with E-state index in [-0.39, 0.29) is 5.69 Å². The van der Waals surface area contributed by atoms with E-state index in [2.05, 4.69) is 10.6 Å². The quantitative estimate of drug-likeness (QED) is 0.215. The standard InChI is InChI=1S/C24H26ClN3O4/c1-2-31-24-15-18(7-12-23(24)32-17-19-5-3-4-6-22(19)25)16-26-13-14-27-20-8-10-21(11-9-20)28(29)30/h3-12,15,26-27H,2,13-14,16-17H2,1H3. The van der Waals surface area contributed by atoms with Gasteiger partial charge in [-0.25, -0.2) is 0 Å². The van der Waals surface area contributed by atoms with Gasteiger partial charge in [0.1, 0.15) is 6.61 Å². The summed E-state index contributed by atoms with van der Waals surface area (Å²) in [6.07, 6.45) is 0. The van der Waals surface area contributed by atoms with Crippen LogP contribution >= 0.6 is 11.6 Å². The Morgan fingerprint density at radius 2 is 1.75 bits per heavy atom. The Morgan fingerprint density at radius 1 is 0.969 bits per heavy atom. The lowest BCUT2D eigenvalue weighted by molar-refractivity contribution is -0.384. The fraction of sp³-hybridized carbons (Fsp3) is 0.250. The lowest BCUT2D eigenvalue weighted by Gasteiger charge is -2.14. The second-order valence-corrected chi connectivity index (χ2v) is 7.41. The summed E-state index contributed by atoms with van der Waals surface area (Å²) in [5, 5.41) is 18.0. The fourth-order valence-electron chi connectivity index (χ4n) is 3.05. The lowest BCUT2D eigenvalue weighted by Crippen LogP contribution is -2.21. The first-order valence-corrected chi connectivity index (χ1v) is 10.8. The van der Waals surface area contributed by atoms with Crippen LogP contribution in [0, 0.1) is 10.1 Å². The topological polar surface area (TPSA) is 85.7 Å². The second kappa shape index (κ2) is 11.9. The monoisotopic (exact) mass is 455 g/mol. The molecule has 32 heavy (non-hydrogen) atoms. The molecule has 8 heteroatoms. The number of ether oxygens (including phenoxy) is 2. The van der Waals surface area contributed by atoms with Crippen molar-refractivity contribution in [2.45, 2.75) is 20.1 Å². The molecule has 0 spiro atoms. The molecule has 3 rings (SSSR count). The second-order valence-electron chi connectivity index (χ2n) is 7.00. The van der Waals surface area contributed by atoms with Gasteiger partial charge in [0.05, 0.1) is 11.5 Å². The SMILES string of the molecule is CCOc1cc(CNCCNc2ccc([N+](=O)[O-])cc2)ccc1OCc1ccccc1Cl. The number of halogens is 1. The maximum absolute atomic E-state index is 10.7. The van der Waals surface area contributed by atoms with E-state index >= 15 is 0 Å². The molecule has 0 unspecified atom stereocenters. The molecule has 0 aliphatic rings. The van der Waals surface area contributed by atoms with Crippen LogP contribution in [0.3, 0.4) is 0 Å². The van der Waals surface area contributed by atoms with E-state index in [0.717, 1.165) is 23.4 Å². The Balaban J connectivity index is 1.48. The number of non-ortho nitro benzene ring substituents is 1. The molecule has 7 nitrogen and oxygen atoms in total. The number of hydrogen-bond donors (Lipinski definition) is 2. The third-order valence-corrected chi connectivity index (χ3v) is 5.06. The summed E-state index contributed by atoms with van der Waals surface area (Å²) >= 11 is 6.21. The van der Waals surface area contributed by atoms with Gasteiger partial charge in [0, 0.05) is 48.0 Å². The normalized spacial score (nSPS) is 10.6. The molecule has 0 saturated heterocycles. The van der Waals surface area contributed by atoms with E-state index in [4.69, 9.17) is 21.1 Å². The van der Waals surface area contributed by atoms with E-state index in [1.54, 1.807) is 12.1 Å². The van der Waals surface area contributed by atoms with Crippen LogP contribution in [0.1, 0.15) is 18.1 Å². The zero-order valence-electron chi connectivity index (χ0n) is 17.8. The van der Waals surface area contributed by atoms with Crippen LogP contribution in [-0.4, -0.2) is 24.6 Å². The zero-order chi connectivity index (χ0) is 22.8.